The zero-order valence-corrected chi connectivity index (χ0v) is 16.9. The second-order valence-corrected chi connectivity index (χ2v) is 7.77. The first-order valence-corrected chi connectivity index (χ1v) is 9.40. The van der Waals surface area contributed by atoms with Crippen molar-refractivity contribution in [3.05, 3.63) is 25.1 Å². The van der Waals surface area contributed by atoms with Crippen LogP contribution < -0.4 is 0 Å². The zero-order chi connectivity index (χ0) is 16.3. The van der Waals surface area contributed by atoms with Gasteiger partial charge in [-0.25, -0.2) is 4.31 Å². The fraction of sp³-hybridized carbons (Fsp3) is 0.571. The van der Waals surface area contributed by atoms with Gasteiger partial charge < -0.3 is 0 Å². The number of benzene rings is 1. The lowest BCUT2D eigenvalue weighted by atomic mass is 10.2. The van der Waals surface area contributed by atoms with E-state index in [9.17, 15) is 0 Å². The Bertz CT molecular complexity index is 470. The van der Waals surface area contributed by atoms with Crippen LogP contribution in [0.4, 0.5) is 0 Å². The third kappa shape index (κ3) is 4.50. The van der Waals surface area contributed by atoms with Crippen molar-refractivity contribution in [1.82, 2.24) is 4.31 Å². The van der Waals surface area contributed by atoms with Crippen LogP contribution in [-0.4, -0.2) is 16.4 Å². The van der Waals surface area contributed by atoms with Gasteiger partial charge in [-0.05, 0) is 38.6 Å². The van der Waals surface area contributed by atoms with Crippen LogP contribution in [0.15, 0.2) is 4.90 Å². The second-order valence-electron chi connectivity index (χ2n) is 4.86. The minimum absolute atomic E-state index is 0.191. The molecular formula is C14H18Cl5NS. The van der Waals surface area contributed by atoms with E-state index >= 15 is 0 Å². The van der Waals surface area contributed by atoms with E-state index in [1.54, 1.807) is 0 Å². The van der Waals surface area contributed by atoms with Crippen molar-refractivity contribution in [2.45, 2.75) is 57.5 Å². The summed E-state index contributed by atoms with van der Waals surface area (Å²) in [5.41, 5.74) is 0. The van der Waals surface area contributed by atoms with Gasteiger partial charge in [0.05, 0.1) is 30.0 Å². The predicted octanol–water partition coefficient (Wildman–Crippen LogP) is 7.86. The molecule has 0 spiro atoms. The maximum absolute atomic E-state index is 6.31. The molecule has 1 rings (SSSR count). The summed E-state index contributed by atoms with van der Waals surface area (Å²) in [7, 11) is 0. The first kappa shape index (κ1) is 20.0. The summed E-state index contributed by atoms with van der Waals surface area (Å²) in [5.74, 6) is 0. The Kier molecular flexibility index (Phi) is 8.32. The first-order valence-electron chi connectivity index (χ1n) is 6.73. The van der Waals surface area contributed by atoms with E-state index in [4.69, 9.17) is 58.0 Å². The van der Waals surface area contributed by atoms with Crippen LogP contribution in [0, 0.1) is 0 Å². The van der Waals surface area contributed by atoms with Gasteiger partial charge in [-0.15, -0.1) is 0 Å². The van der Waals surface area contributed by atoms with Gasteiger partial charge in [0.1, 0.15) is 0 Å². The minimum atomic E-state index is 0.191. The van der Waals surface area contributed by atoms with E-state index in [0.717, 1.165) is 12.8 Å². The van der Waals surface area contributed by atoms with Crippen LogP contribution in [0.2, 0.25) is 25.1 Å². The third-order valence-corrected chi connectivity index (χ3v) is 7.44. The number of rotatable bonds is 6. The third-order valence-electron chi connectivity index (χ3n) is 3.42. The number of hydrogen-bond acceptors (Lipinski definition) is 2. The van der Waals surface area contributed by atoms with Gasteiger partial charge in [0.25, 0.3) is 0 Å². The summed E-state index contributed by atoms with van der Waals surface area (Å²) in [6, 6.07) is 0.732. The van der Waals surface area contributed by atoms with E-state index in [-0.39, 0.29) is 15.1 Å². The molecule has 0 heterocycles. The average molecular weight is 410 g/mol. The molecular weight excluding hydrogens is 391 g/mol. The molecule has 0 bridgehead atoms. The summed E-state index contributed by atoms with van der Waals surface area (Å²) in [6.45, 7) is 8.62. The Balaban J connectivity index is 3.27. The SMILES string of the molecule is CCC(C)N(Sc1c(Cl)c(Cl)c(Cl)c(Cl)c1Cl)C(C)CC. The molecule has 7 heteroatoms. The van der Waals surface area contributed by atoms with Crippen LogP contribution in [0.3, 0.4) is 0 Å². The maximum Gasteiger partial charge on any atom is 0.0809 e. The van der Waals surface area contributed by atoms with E-state index < -0.39 is 0 Å². The van der Waals surface area contributed by atoms with E-state index in [1.165, 1.54) is 11.9 Å². The van der Waals surface area contributed by atoms with Gasteiger partial charge in [0.2, 0.25) is 0 Å². The Morgan fingerprint density at radius 1 is 0.762 bits per heavy atom. The fourth-order valence-corrected chi connectivity index (χ4v) is 4.44. The van der Waals surface area contributed by atoms with Crippen LogP contribution >= 0.6 is 70.0 Å². The van der Waals surface area contributed by atoms with Crippen LogP contribution in [0.25, 0.3) is 0 Å². The first-order chi connectivity index (χ1) is 9.76. The maximum atomic E-state index is 6.31. The second kappa shape index (κ2) is 8.73. The van der Waals surface area contributed by atoms with Crippen molar-refractivity contribution in [2.75, 3.05) is 0 Å². The van der Waals surface area contributed by atoms with Gasteiger partial charge >= 0.3 is 0 Å². The summed E-state index contributed by atoms with van der Waals surface area (Å²) in [5, 5.41) is 1.36. The van der Waals surface area contributed by atoms with Gasteiger partial charge in [0.15, 0.2) is 0 Å². The fourth-order valence-electron chi connectivity index (χ4n) is 1.74. The molecule has 2 unspecified atom stereocenters. The predicted molar refractivity (Wildman–Crippen MR) is 98.7 cm³/mol. The minimum Gasteiger partial charge on any atom is -0.241 e. The lowest BCUT2D eigenvalue weighted by Gasteiger charge is -2.33. The Morgan fingerprint density at radius 2 is 1.10 bits per heavy atom. The molecule has 0 saturated heterocycles. The molecule has 1 nitrogen and oxygen atoms in total. The van der Waals surface area contributed by atoms with Crippen LogP contribution in [0.1, 0.15) is 40.5 Å². The number of nitrogens with zero attached hydrogens (tertiary/aromatic N) is 1. The molecule has 0 aliphatic carbocycles. The van der Waals surface area contributed by atoms with Crippen LogP contribution in [-0.2, 0) is 0 Å². The summed E-state index contributed by atoms with van der Waals surface area (Å²) in [4.78, 5) is 0.651. The largest absolute Gasteiger partial charge is 0.241 e. The van der Waals surface area contributed by atoms with Crippen molar-refractivity contribution in [3.63, 3.8) is 0 Å². The van der Waals surface area contributed by atoms with Crippen molar-refractivity contribution < 1.29 is 0 Å². The van der Waals surface area contributed by atoms with Crippen LogP contribution in [0.5, 0.6) is 0 Å². The molecule has 120 valence electrons. The molecule has 0 aliphatic rings. The molecule has 1 aromatic rings. The summed E-state index contributed by atoms with van der Waals surface area (Å²) >= 11 is 32.4. The molecule has 0 fully saturated rings. The summed E-state index contributed by atoms with van der Waals surface area (Å²) in [6.07, 6.45) is 2.03. The highest BCUT2D eigenvalue weighted by atomic mass is 35.5. The highest BCUT2D eigenvalue weighted by molar-refractivity contribution is 7.97. The zero-order valence-electron chi connectivity index (χ0n) is 12.3. The molecule has 0 aliphatic heterocycles. The monoisotopic (exact) mass is 407 g/mol. The van der Waals surface area contributed by atoms with Gasteiger partial charge in [-0.3, -0.25) is 0 Å². The van der Waals surface area contributed by atoms with Crippen molar-refractivity contribution in [3.8, 4) is 0 Å². The van der Waals surface area contributed by atoms with E-state index in [0.29, 0.717) is 27.0 Å². The normalized spacial score (nSPS) is 14.6. The van der Waals surface area contributed by atoms with Gasteiger partial charge in [-0.1, -0.05) is 71.9 Å². The topological polar surface area (TPSA) is 3.24 Å². The molecule has 0 amide bonds. The smallest absolute Gasteiger partial charge is 0.0809 e. The summed E-state index contributed by atoms with van der Waals surface area (Å²) < 4.78 is 2.27. The number of hydrogen-bond donors (Lipinski definition) is 0. The molecule has 0 saturated carbocycles. The van der Waals surface area contributed by atoms with Gasteiger partial charge in [-0.2, -0.15) is 0 Å². The Morgan fingerprint density at radius 3 is 1.43 bits per heavy atom. The molecule has 0 N–H and O–H groups in total. The van der Waals surface area contributed by atoms with E-state index in [1.807, 2.05) is 0 Å². The van der Waals surface area contributed by atoms with E-state index in [2.05, 4.69) is 32.0 Å². The standard InChI is InChI=1S/C14H18Cl5NS/c1-5-7(3)20(8(4)6-2)21-14-12(18)10(16)9(15)11(17)13(14)19/h7-8H,5-6H2,1-4H3. The quantitative estimate of drug-likeness (QED) is 0.267. The molecule has 1 aromatic carbocycles. The average Bonchev–Trinajstić information content (AvgIpc) is 2.49. The molecule has 0 radical (unpaired) electrons. The lowest BCUT2D eigenvalue weighted by molar-refractivity contribution is 0.289. The highest BCUT2D eigenvalue weighted by Crippen LogP contribution is 2.49. The van der Waals surface area contributed by atoms with Gasteiger partial charge in [0, 0.05) is 12.1 Å². The Hall–Kier alpha value is 0.980. The Labute approximate surface area is 156 Å². The molecule has 0 aromatic heterocycles. The van der Waals surface area contributed by atoms with Crippen molar-refractivity contribution >= 4 is 70.0 Å². The van der Waals surface area contributed by atoms with Crippen molar-refractivity contribution in [2.24, 2.45) is 0 Å². The molecule has 21 heavy (non-hydrogen) atoms. The number of halogens is 5. The highest BCUT2D eigenvalue weighted by Gasteiger charge is 2.25. The lowest BCUT2D eigenvalue weighted by Crippen LogP contribution is -2.33. The van der Waals surface area contributed by atoms with Crippen molar-refractivity contribution in [1.29, 1.82) is 0 Å². The molecule has 2 atom stereocenters.